The first-order valence-electron chi connectivity index (χ1n) is 9.06. The van der Waals surface area contributed by atoms with E-state index < -0.39 is 0 Å². The summed E-state index contributed by atoms with van der Waals surface area (Å²) in [5.41, 5.74) is 0.316. The zero-order valence-electron chi connectivity index (χ0n) is 14.4. The molecule has 0 aromatic carbocycles. The van der Waals surface area contributed by atoms with Gasteiger partial charge in [0, 0.05) is 39.0 Å². The van der Waals surface area contributed by atoms with Crippen LogP contribution in [-0.2, 0) is 9.53 Å². The first kappa shape index (κ1) is 15.8. The quantitative estimate of drug-likeness (QED) is 0.847. The largest absolute Gasteiger partial charge is 0.368 e. The van der Waals surface area contributed by atoms with Gasteiger partial charge in [-0.15, -0.1) is 0 Å². The van der Waals surface area contributed by atoms with E-state index in [4.69, 9.17) is 4.74 Å². The van der Waals surface area contributed by atoms with Crippen LogP contribution in [0.5, 0.6) is 0 Å². The minimum absolute atomic E-state index is 0.187. The van der Waals surface area contributed by atoms with E-state index in [0.29, 0.717) is 11.5 Å². The molecular formula is C18H26N4O2. The van der Waals surface area contributed by atoms with E-state index in [9.17, 15) is 4.79 Å². The SMILES string of the molecule is CN(c1ccncn1)C1CC2(CCN(C(=O)C3CCCCO3)C2)C1. The lowest BCUT2D eigenvalue weighted by Gasteiger charge is -2.49. The Morgan fingerprint density at radius 2 is 2.29 bits per heavy atom. The topological polar surface area (TPSA) is 58.6 Å². The number of hydrogen-bond acceptors (Lipinski definition) is 5. The van der Waals surface area contributed by atoms with Gasteiger partial charge in [-0.3, -0.25) is 4.79 Å². The molecule has 3 heterocycles. The Morgan fingerprint density at radius 1 is 1.42 bits per heavy atom. The lowest BCUT2D eigenvalue weighted by molar-refractivity contribution is -0.146. The van der Waals surface area contributed by atoms with Crippen molar-refractivity contribution in [1.29, 1.82) is 0 Å². The van der Waals surface area contributed by atoms with Gasteiger partial charge in [-0.05, 0) is 50.0 Å². The third-order valence-electron chi connectivity index (χ3n) is 6.02. The summed E-state index contributed by atoms with van der Waals surface area (Å²) in [6.45, 7) is 2.53. The number of nitrogens with zero attached hydrogens (tertiary/aromatic N) is 4. The molecule has 1 aromatic heterocycles. The van der Waals surface area contributed by atoms with Crippen molar-refractivity contribution in [3.8, 4) is 0 Å². The molecule has 2 saturated heterocycles. The molecule has 1 atom stereocenters. The number of ether oxygens (including phenoxy) is 1. The number of rotatable bonds is 3. The van der Waals surface area contributed by atoms with Gasteiger partial charge in [0.25, 0.3) is 5.91 Å². The zero-order valence-corrected chi connectivity index (χ0v) is 14.4. The number of carbonyl (C=O) groups excluding carboxylic acids is 1. The van der Waals surface area contributed by atoms with E-state index in [0.717, 1.165) is 64.0 Å². The number of likely N-dealkylation sites (tertiary alicyclic amines) is 1. The molecule has 1 amide bonds. The standard InChI is InChI=1S/C18H26N4O2/c1-21(16-5-7-19-13-20-16)14-10-18(11-14)6-8-22(12-18)17(23)15-4-2-3-9-24-15/h5,7,13-15H,2-4,6,8-12H2,1H3. The summed E-state index contributed by atoms with van der Waals surface area (Å²) < 4.78 is 5.68. The first-order chi connectivity index (χ1) is 11.7. The van der Waals surface area contributed by atoms with Crippen molar-refractivity contribution in [1.82, 2.24) is 14.9 Å². The average Bonchev–Trinajstić information content (AvgIpc) is 3.06. The minimum atomic E-state index is -0.187. The van der Waals surface area contributed by atoms with Crippen LogP contribution < -0.4 is 4.90 Å². The van der Waals surface area contributed by atoms with Gasteiger partial charge in [-0.1, -0.05) is 0 Å². The molecule has 3 fully saturated rings. The number of amides is 1. The molecule has 1 unspecified atom stereocenters. The maximum atomic E-state index is 12.6. The molecule has 0 bridgehead atoms. The van der Waals surface area contributed by atoms with E-state index >= 15 is 0 Å². The third kappa shape index (κ3) is 2.88. The molecule has 1 spiro atoms. The van der Waals surface area contributed by atoms with Gasteiger partial charge >= 0.3 is 0 Å². The van der Waals surface area contributed by atoms with Crippen LogP contribution in [0, 0.1) is 5.41 Å². The van der Waals surface area contributed by atoms with Crippen LogP contribution >= 0.6 is 0 Å². The van der Waals surface area contributed by atoms with Crippen LogP contribution in [0.15, 0.2) is 18.6 Å². The Balaban J connectivity index is 1.32. The Morgan fingerprint density at radius 3 is 3.00 bits per heavy atom. The summed E-state index contributed by atoms with van der Waals surface area (Å²) in [4.78, 5) is 25.3. The maximum Gasteiger partial charge on any atom is 0.251 e. The second-order valence-electron chi connectivity index (χ2n) is 7.61. The highest BCUT2D eigenvalue weighted by Gasteiger charge is 2.51. The summed E-state index contributed by atoms with van der Waals surface area (Å²) in [6, 6.07) is 2.47. The molecule has 6 heteroatoms. The van der Waals surface area contributed by atoms with Gasteiger partial charge in [-0.2, -0.15) is 0 Å². The van der Waals surface area contributed by atoms with E-state index in [2.05, 4.69) is 26.8 Å². The third-order valence-corrected chi connectivity index (χ3v) is 6.02. The Hall–Kier alpha value is -1.69. The fourth-order valence-electron chi connectivity index (χ4n) is 4.49. The molecule has 6 nitrogen and oxygen atoms in total. The molecule has 2 aliphatic heterocycles. The predicted octanol–water partition coefficient (Wildman–Crippen LogP) is 1.86. The van der Waals surface area contributed by atoms with Crippen LogP contribution in [0.2, 0.25) is 0 Å². The second-order valence-corrected chi connectivity index (χ2v) is 7.61. The highest BCUT2D eigenvalue weighted by atomic mass is 16.5. The van der Waals surface area contributed by atoms with Crippen molar-refractivity contribution < 1.29 is 9.53 Å². The highest BCUT2D eigenvalue weighted by Crippen LogP contribution is 2.50. The van der Waals surface area contributed by atoms with Crippen LogP contribution in [0.3, 0.4) is 0 Å². The summed E-state index contributed by atoms with van der Waals surface area (Å²) in [7, 11) is 2.10. The molecule has 4 rings (SSSR count). The zero-order chi connectivity index (χ0) is 16.6. The van der Waals surface area contributed by atoms with Crippen LogP contribution in [0.4, 0.5) is 5.82 Å². The van der Waals surface area contributed by atoms with Gasteiger partial charge in [0.2, 0.25) is 0 Å². The smallest absolute Gasteiger partial charge is 0.251 e. The van der Waals surface area contributed by atoms with Crippen molar-refractivity contribution in [2.45, 2.75) is 50.7 Å². The fourth-order valence-corrected chi connectivity index (χ4v) is 4.49. The van der Waals surface area contributed by atoms with Gasteiger partial charge in [0.05, 0.1) is 0 Å². The fraction of sp³-hybridized carbons (Fsp3) is 0.722. The lowest BCUT2D eigenvalue weighted by Crippen LogP contribution is -2.52. The summed E-state index contributed by atoms with van der Waals surface area (Å²) >= 11 is 0. The normalized spacial score (nSPS) is 32.6. The van der Waals surface area contributed by atoms with Crippen molar-refractivity contribution in [2.75, 3.05) is 31.6 Å². The van der Waals surface area contributed by atoms with Crippen LogP contribution in [0.1, 0.15) is 38.5 Å². The number of anilines is 1. The van der Waals surface area contributed by atoms with Crippen molar-refractivity contribution in [2.24, 2.45) is 5.41 Å². The Kier molecular flexibility index (Phi) is 4.16. The minimum Gasteiger partial charge on any atom is -0.368 e. The predicted molar refractivity (Wildman–Crippen MR) is 90.7 cm³/mol. The van der Waals surface area contributed by atoms with Gasteiger partial charge in [0.15, 0.2) is 0 Å². The van der Waals surface area contributed by atoms with Gasteiger partial charge in [0.1, 0.15) is 18.2 Å². The Labute approximate surface area is 143 Å². The number of hydrogen-bond donors (Lipinski definition) is 0. The van der Waals surface area contributed by atoms with Gasteiger partial charge in [-0.25, -0.2) is 9.97 Å². The average molecular weight is 330 g/mol. The summed E-state index contributed by atoms with van der Waals surface area (Å²) in [5.74, 6) is 1.20. The van der Waals surface area contributed by atoms with Crippen LogP contribution in [-0.4, -0.2) is 59.7 Å². The molecule has 0 radical (unpaired) electrons. The molecular weight excluding hydrogens is 304 g/mol. The van der Waals surface area contributed by atoms with Crippen LogP contribution in [0.25, 0.3) is 0 Å². The first-order valence-corrected chi connectivity index (χ1v) is 9.06. The molecule has 3 aliphatic rings. The van der Waals surface area contributed by atoms with Crippen molar-refractivity contribution in [3.63, 3.8) is 0 Å². The maximum absolute atomic E-state index is 12.6. The number of aromatic nitrogens is 2. The van der Waals surface area contributed by atoms with E-state index in [1.807, 2.05) is 6.07 Å². The molecule has 24 heavy (non-hydrogen) atoms. The Bertz CT molecular complexity index is 582. The monoisotopic (exact) mass is 330 g/mol. The molecule has 1 saturated carbocycles. The van der Waals surface area contributed by atoms with E-state index in [-0.39, 0.29) is 12.0 Å². The van der Waals surface area contributed by atoms with Gasteiger partial charge < -0.3 is 14.5 Å². The molecule has 0 N–H and O–H groups in total. The number of carbonyl (C=O) groups is 1. The van der Waals surface area contributed by atoms with E-state index in [1.54, 1.807) is 12.5 Å². The highest BCUT2D eigenvalue weighted by molar-refractivity contribution is 5.81. The lowest BCUT2D eigenvalue weighted by atomic mass is 9.64. The summed E-state index contributed by atoms with van der Waals surface area (Å²) in [6.07, 6.45) is 9.69. The molecule has 130 valence electrons. The summed E-state index contributed by atoms with van der Waals surface area (Å²) in [5, 5.41) is 0. The van der Waals surface area contributed by atoms with Crippen molar-refractivity contribution >= 4 is 11.7 Å². The van der Waals surface area contributed by atoms with E-state index in [1.165, 1.54) is 0 Å². The second kappa shape index (κ2) is 6.31. The molecule has 1 aromatic rings. The van der Waals surface area contributed by atoms with Crippen molar-refractivity contribution in [3.05, 3.63) is 18.6 Å². The molecule has 1 aliphatic carbocycles.